The lowest BCUT2D eigenvalue weighted by Crippen LogP contribution is -2.04. The summed E-state index contributed by atoms with van der Waals surface area (Å²) in [6.45, 7) is 3.59. The molecule has 0 aliphatic heterocycles. The molecular formula is C26H24ClN5O3. The zero-order valence-corrected chi connectivity index (χ0v) is 20.2. The van der Waals surface area contributed by atoms with Gasteiger partial charge in [-0.25, -0.2) is 19.7 Å². The number of hydrogen-bond donors (Lipinski definition) is 2. The minimum atomic E-state index is -0.400. The maximum absolute atomic E-state index is 10.9. The summed E-state index contributed by atoms with van der Waals surface area (Å²) >= 11 is 5.91. The number of carbonyl (C=O) groups excluding carboxylic acids is 1. The zero-order chi connectivity index (χ0) is 25.4. The van der Waals surface area contributed by atoms with E-state index in [1.807, 2.05) is 49.4 Å². The number of ether oxygens (including phenoxy) is 1. The highest BCUT2D eigenvalue weighted by Gasteiger charge is 2.07. The van der Waals surface area contributed by atoms with Gasteiger partial charge in [-0.2, -0.15) is 4.98 Å². The Morgan fingerprint density at radius 1 is 0.800 bits per heavy atom. The van der Waals surface area contributed by atoms with Gasteiger partial charge in [0.05, 0.1) is 29.1 Å². The second-order valence-electron chi connectivity index (χ2n) is 7.27. The third-order valence-corrected chi connectivity index (χ3v) is 5.02. The minimum absolute atomic E-state index is 0.0538. The van der Waals surface area contributed by atoms with Crippen LogP contribution < -0.4 is 5.73 Å². The molecule has 35 heavy (non-hydrogen) atoms. The van der Waals surface area contributed by atoms with E-state index >= 15 is 0 Å². The highest BCUT2D eigenvalue weighted by Crippen LogP contribution is 2.20. The number of nitrogens with two attached hydrogens (primary N) is 1. The third-order valence-electron chi connectivity index (χ3n) is 4.73. The molecule has 2 aromatic heterocycles. The van der Waals surface area contributed by atoms with Crippen LogP contribution in [-0.4, -0.2) is 38.1 Å². The average molecular weight is 490 g/mol. The molecule has 9 heteroatoms. The number of nitrogens with zero attached hydrogens (tertiary/aromatic N) is 4. The first kappa shape index (κ1) is 25.3. The van der Waals surface area contributed by atoms with Gasteiger partial charge in [0.2, 0.25) is 5.88 Å². The number of aryl methyl sites for hydroxylation is 2. The van der Waals surface area contributed by atoms with Crippen LogP contribution in [0.2, 0.25) is 5.15 Å². The van der Waals surface area contributed by atoms with Crippen molar-refractivity contribution in [1.29, 1.82) is 0 Å². The monoisotopic (exact) mass is 489 g/mol. The summed E-state index contributed by atoms with van der Waals surface area (Å²) in [7, 11) is 1.33. The van der Waals surface area contributed by atoms with Gasteiger partial charge < -0.3 is 15.6 Å². The van der Waals surface area contributed by atoms with Crippen molar-refractivity contribution in [2.45, 2.75) is 13.8 Å². The molecule has 5 rings (SSSR count). The van der Waals surface area contributed by atoms with E-state index in [0.29, 0.717) is 33.4 Å². The van der Waals surface area contributed by atoms with Gasteiger partial charge >= 0.3 is 5.97 Å². The van der Waals surface area contributed by atoms with E-state index < -0.39 is 5.97 Å². The molecule has 0 amide bonds. The van der Waals surface area contributed by atoms with Gasteiger partial charge in [-0.1, -0.05) is 48.0 Å². The van der Waals surface area contributed by atoms with E-state index in [4.69, 9.17) is 17.3 Å². The van der Waals surface area contributed by atoms with Crippen LogP contribution in [0.1, 0.15) is 22.0 Å². The van der Waals surface area contributed by atoms with E-state index in [9.17, 15) is 9.90 Å². The topological polar surface area (TPSA) is 124 Å². The second-order valence-corrected chi connectivity index (χ2v) is 7.63. The molecule has 0 fully saturated rings. The highest BCUT2D eigenvalue weighted by molar-refractivity contribution is 6.34. The van der Waals surface area contributed by atoms with Gasteiger partial charge in [0.25, 0.3) is 0 Å². The third kappa shape index (κ3) is 6.61. The average Bonchev–Trinajstić information content (AvgIpc) is 2.84. The summed E-state index contributed by atoms with van der Waals surface area (Å²) < 4.78 is 4.50. The summed E-state index contributed by atoms with van der Waals surface area (Å²) in [5.74, 6) is 0.950. The highest BCUT2D eigenvalue weighted by atomic mass is 35.5. The number of esters is 1. The Balaban J connectivity index is 0.000000147. The Morgan fingerprint density at radius 3 is 1.94 bits per heavy atom. The van der Waals surface area contributed by atoms with Crippen molar-refractivity contribution in [3.63, 3.8) is 0 Å². The SMILES string of the molecule is COC(=O)c1ccccc1N.Cc1nc(Cl)c2ccccc2n1.Cc1nc(O)c2ccccc2n1. The van der Waals surface area contributed by atoms with Crippen molar-refractivity contribution in [2.24, 2.45) is 0 Å². The zero-order valence-electron chi connectivity index (χ0n) is 19.4. The molecule has 0 spiro atoms. The Labute approximate surface area is 207 Å². The van der Waals surface area contributed by atoms with E-state index in [0.717, 1.165) is 16.4 Å². The second kappa shape index (κ2) is 11.7. The van der Waals surface area contributed by atoms with Crippen molar-refractivity contribution < 1.29 is 14.6 Å². The van der Waals surface area contributed by atoms with Crippen LogP contribution in [0.15, 0.2) is 72.8 Å². The van der Waals surface area contributed by atoms with Crippen molar-refractivity contribution >= 4 is 45.1 Å². The van der Waals surface area contributed by atoms with Crippen LogP contribution in [0.3, 0.4) is 0 Å². The van der Waals surface area contributed by atoms with Crippen LogP contribution in [0.4, 0.5) is 5.69 Å². The minimum Gasteiger partial charge on any atom is -0.493 e. The van der Waals surface area contributed by atoms with Crippen LogP contribution in [0.25, 0.3) is 21.8 Å². The largest absolute Gasteiger partial charge is 0.493 e. The summed E-state index contributed by atoms with van der Waals surface area (Å²) in [4.78, 5) is 27.2. The number of aromatic hydroxyl groups is 1. The Kier molecular flexibility index (Phi) is 8.48. The number of para-hydroxylation sites is 3. The molecule has 3 aromatic carbocycles. The van der Waals surface area contributed by atoms with Crippen LogP contribution in [0, 0.1) is 13.8 Å². The molecule has 0 atom stereocenters. The fraction of sp³-hybridized carbons (Fsp3) is 0.115. The molecule has 0 bridgehead atoms. The van der Waals surface area contributed by atoms with E-state index in [2.05, 4.69) is 24.7 Å². The molecule has 0 saturated heterocycles. The first-order chi connectivity index (χ1) is 16.8. The van der Waals surface area contributed by atoms with Gasteiger partial charge in [-0.3, -0.25) is 0 Å². The first-order valence-corrected chi connectivity index (χ1v) is 10.9. The maximum atomic E-state index is 10.9. The first-order valence-electron chi connectivity index (χ1n) is 10.5. The summed E-state index contributed by atoms with van der Waals surface area (Å²) in [6, 6.07) is 21.9. The number of anilines is 1. The molecule has 0 saturated carbocycles. The molecule has 0 radical (unpaired) electrons. The number of nitrogen functional groups attached to an aromatic ring is 1. The number of aromatic nitrogens is 4. The van der Waals surface area contributed by atoms with Crippen molar-refractivity contribution in [1.82, 2.24) is 19.9 Å². The normalized spacial score (nSPS) is 10.1. The smallest absolute Gasteiger partial charge is 0.339 e. The Morgan fingerprint density at radius 2 is 1.31 bits per heavy atom. The number of halogens is 1. The summed E-state index contributed by atoms with van der Waals surface area (Å²) in [5, 5.41) is 11.5. The Hall–Kier alpha value is -4.30. The lowest BCUT2D eigenvalue weighted by Gasteiger charge is -2.00. The molecule has 0 aliphatic rings. The van der Waals surface area contributed by atoms with Gasteiger partial charge in [0.15, 0.2) is 0 Å². The fourth-order valence-corrected chi connectivity index (χ4v) is 3.40. The number of rotatable bonds is 1. The summed E-state index contributed by atoms with van der Waals surface area (Å²) in [6.07, 6.45) is 0. The molecule has 2 heterocycles. The van der Waals surface area contributed by atoms with E-state index in [1.54, 1.807) is 37.3 Å². The Bertz CT molecular complexity index is 1390. The predicted molar refractivity (Wildman–Crippen MR) is 137 cm³/mol. The maximum Gasteiger partial charge on any atom is 0.339 e. The van der Waals surface area contributed by atoms with E-state index in [-0.39, 0.29) is 5.88 Å². The predicted octanol–water partition coefficient (Wildman–Crippen LogP) is 5.29. The standard InChI is InChI=1S/C9H7ClN2.C9H8N2O.C8H9NO2/c1-6-11-8-5-3-2-4-7(8)9(10)12-6;1-6-10-8-5-3-2-4-7(8)9(12)11-6;1-11-8(10)6-4-2-3-5-7(6)9/h2-5H,1H3;2-5H,1H3,(H,10,11,12);2-5H,9H2,1H3. The van der Waals surface area contributed by atoms with Gasteiger partial charge in [-0.15, -0.1) is 0 Å². The van der Waals surface area contributed by atoms with Crippen LogP contribution in [-0.2, 0) is 4.74 Å². The van der Waals surface area contributed by atoms with Gasteiger partial charge in [0, 0.05) is 11.1 Å². The lowest BCUT2D eigenvalue weighted by atomic mass is 10.2. The lowest BCUT2D eigenvalue weighted by molar-refractivity contribution is 0.0602. The molecule has 5 aromatic rings. The molecule has 8 nitrogen and oxygen atoms in total. The molecule has 0 aliphatic carbocycles. The molecule has 178 valence electrons. The van der Waals surface area contributed by atoms with E-state index in [1.165, 1.54) is 7.11 Å². The summed E-state index contributed by atoms with van der Waals surface area (Å²) in [5.41, 5.74) is 8.03. The van der Waals surface area contributed by atoms with Crippen molar-refractivity contribution in [2.75, 3.05) is 12.8 Å². The molecule has 0 unspecified atom stereocenters. The number of fused-ring (bicyclic) bond motifs is 2. The van der Waals surface area contributed by atoms with Gasteiger partial charge in [-0.05, 0) is 50.2 Å². The van der Waals surface area contributed by atoms with Crippen molar-refractivity contribution in [3.8, 4) is 5.88 Å². The number of carbonyl (C=O) groups is 1. The number of benzene rings is 3. The van der Waals surface area contributed by atoms with Gasteiger partial charge in [0.1, 0.15) is 16.8 Å². The van der Waals surface area contributed by atoms with Crippen LogP contribution >= 0.6 is 11.6 Å². The van der Waals surface area contributed by atoms with Crippen LogP contribution in [0.5, 0.6) is 5.88 Å². The fourth-order valence-electron chi connectivity index (χ4n) is 3.11. The number of hydrogen-bond acceptors (Lipinski definition) is 8. The van der Waals surface area contributed by atoms with Crippen molar-refractivity contribution in [3.05, 3.63) is 95.2 Å². The quantitative estimate of drug-likeness (QED) is 0.185. The molecule has 3 N–H and O–H groups in total. The number of methoxy groups -OCH3 is 1. The molecular weight excluding hydrogens is 466 g/mol.